The highest BCUT2D eigenvalue weighted by molar-refractivity contribution is 5.92. The third-order valence-corrected chi connectivity index (χ3v) is 3.12. The van der Waals surface area contributed by atoms with Crippen LogP contribution in [-0.2, 0) is 0 Å². The summed E-state index contributed by atoms with van der Waals surface area (Å²) in [6, 6.07) is 6.72. The number of hydrogen-bond acceptors (Lipinski definition) is 3. The Morgan fingerprint density at radius 1 is 1.09 bits per heavy atom. The van der Waals surface area contributed by atoms with Gasteiger partial charge < -0.3 is 14.6 Å². The number of carboxylic acids is 1. The highest BCUT2D eigenvalue weighted by atomic mass is 19.2. The molecule has 2 rings (SSSR count). The van der Waals surface area contributed by atoms with Crippen LogP contribution in [0.25, 0.3) is 11.1 Å². The summed E-state index contributed by atoms with van der Waals surface area (Å²) < 4.78 is 37.4. The number of methoxy groups -OCH3 is 1. The van der Waals surface area contributed by atoms with Gasteiger partial charge in [-0.3, -0.25) is 0 Å². The van der Waals surface area contributed by atoms with Gasteiger partial charge in [0, 0.05) is 0 Å². The van der Waals surface area contributed by atoms with Crippen molar-refractivity contribution in [1.29, 1.82) is 0 Å². The summed E-state index contributed by atoms with van der Waals surface area (Å²) in [6.45, 7) is 3.56. The largest absolute Gasteiger partial charge is 0.494 e. The third-order valence-electron chi connectivity index (χ3n) is 3.12. The molecule has 0 aliphatic carbocycles. The van der Waals surface area contributed by atoms with Crippen LogP contribution in [0.15, 0.2) is 30.3 Å². The monoisotopic (exact) mass is 322 g/mol. The summed E-state index contributed by atoms with van der Waals surface area (Å²) in [5, 5.41) is 9.31. The second-order valence-corrected chi connectivity index (χ2v) is 5.16. The fraction of sp³-hybridized carbons (Fsp3) is 0.235. The number of hydrogen-bond donors (Lipinski definition) is 1. The number of carbonyl (C=O) groups is 1. The molecule has 0 spiro atoms. The van der Waals surface area contributed by atoms with E-state index in [2.05, 4.69) is 0 Å². The maximum Gasteiger partial charge on any atom is 0.339 e. The van der Waals surface area contributed by atoms with Crippen LogP contribution in [0.5, 0.6) is 11.5 Å². The summed E-state index contributed by atoms with van der Waals surface area (Å²) >= 11 is 0. The lowest BCUT2D eigenvalue weighted by molar-refractivity contribution is 0.0690. The van der Waals surface area contributed by atoms with E-state index in [1.165, 1.54) is 25.3 Å². The minimum atomic E-state index is -1.17. The van der Waals surface area contributed by atoms with E-state index in [0.29, 0.717) is 11.1 Å². The lowest BCUT2D eigenvalue weighted by atomic mass is 10.0. The molecule has 0 fully saturated rings. The van der Waals surface area contributed by atoms with Crippen molar-refractivity contribution in [2.75, 3.05) is 7.11 Å². The molecule has 0 aliphatic rings. The summed E-state index contributed by atoms with van der Waals surface area (Å²) in [7, 11) is 1.23. The predicted octanol–water partition coefficient (Wildman–Crippen LogP) is 4.13. The van der Waals surface area contributed by atoms with Crippen molar-refractivity contribution in [1.82, 2.24) is 0 Å². The molecule has 0 aliphatic heterocycles. The van der Waals surface area contributed by atoms with Gasteiger partial charge in [-0.05, 0) is 49.2 Å². The molecule has 0 bridgehead atoms. The van der Waals surface area contributed by atoms with Gasteiger partial charge in [0.2, 0.25) is 5.82 Å². The molecule has 6 heteroatoms. The van der Waals surface area contributed by atoms with Crippen molar-refractivity contribution in [3.05, 3.63) is 47.5 Å². The van der Waals surface area contributed by atoms with Crippen LogP contribution in [0.4, 0.5) is 8.78 Å². The molecule has 0 heterocycles. The quantitative estimate of drug-likeness (QED) is 0.899. The van der Waals surface area contributed by atoms with Gasteiger partial charge in [0.05, 0.1) is 13.2 Å². The standard InChI is InChI=1S/C17H16F2O4/c1-9(2)23-14-5-4-10(6-12(14)17(20)21)11-7-13(18)16(19)15(8-11)22-3/h4-9H,1-3H3,(H,20,21). The zero-order valence-corrected chi connectivity index (χ0v) is 12.9. The van der Waals surface area contributed by atoms with E-state index in [0.717, 1.165) is 6.07 Å². The first-order chi connectivity index (χ1) is 10.8. The van der Waals surface area contributed by atoms with E-state index in [1.807, 2.05) is 0 Å². The zero-order chi connectivity index (χ0) is 17.1. The van der Waals surface area contributed by atoms with Gasteiger partial charge in [0.15, 0.2) is 11.6 Å². The summed E-state index contributed by atoms with van der Waals surface area (Å²) in [5.74, 6) is -3.37. The van der Waals surface area contributed by atoms with E-state index >= 15 is 0 Å². The minimum Gasteiger partial charge on any atom is -0.494 e. The molecule has 2 aromatic rings. The molecular weight excluding hydrogens is 306 g/mol. The van der Waals surface area contributed by atoms with E-state index in [9.17, 15) is 18.7 Å². The van der Waals surface area contributed by atoms with Gasteiger partial charge in [0.25, 0.3) is 0 Å². The van der Waals surface area contributed by atoms with Crippen molar-refractivity contribution in [2.24, 2.45) is 0 Å². The molecule has 0 aromatic heterocycles. The minimum absolute atomic E-state index is 0.0556. The van der Waals surface area contributed by atoms with Crippen LogP contribution in [0.2, 0.25) is 0 Å². The highest BCUT2D eigenvalue weighted by Crippen LogP contribution is 2.32. The van der Waals surface area contributed by atoms with Gasteiger partial charge in [-0.1, -0.05) is 6.07 Å². The Morgan fingerprint density at radius 3 is 2.35 bits per heavy atom. The van der Waals surface area contributed by atoms with Crippen LogP contribution in [0.3, 0.4) is 0 Å². The van der Waals surface area contributed by atoms with Crippen molar-refractivity contribution in [3.8, 4) is 22.6 Å². The molecule has 4 nitrogen and oxygen atoms in total. The maximum absolute atomic E-state index is 13.6. The second-order valence-electron chi connectivity index (χ2n) is 5.16. The molecular formula is C17H16F2O4. The SMILES string of the molecule is COc1cc(-c2ccc(OC(C)C)c(C(=O)O)c2)cc(F)c1F. The number of ether oxygens (including phenoxy) is 2. The van der Waals surface area contributed by atoms with Crippen LogP contribution in [-0.4, -0.2) is 24.3 Å². The number of halogens is 2. The van der Waals surface area contributed by atoms with Gasteiger partial charge in [-0.2, -0.15) is 4.39 Å². The van der Waals surface area contributed by atoms with E-state index in [1.54, 1.807) is 19.9 Å². The molecule has 122 valence electrons. The van der Waals surface area contributed by atoms with Gasteiger partial charge in [-0.15, -0.1) is 0 Å². The van der Waals surface area contributed by atoms with Crippen molar-refractivity contribution >= 4 is 5.97 Å². The molecule has 0 saturated heterocycles. The first-order valence-electron chi connectivity index (χ1n) is 6.91. The Morgan fingerprint density at radius 2 is 1.78 bits per heavy atom. The van der Waals surface area contributed by atoms with Crippen LogP contribution < -0.4 is 9.47 Å². The topological polar surface area (TPSA) is 55.8 Å². The summed E-state index contributed by atoms with van der Waals surface area (Å²) in [6.07, 6.45) is -0.192. The summed E-state index contributed by atoms with van der Waals surface area (Å²) in [5.41, 5.74) is 0.662. The average molecular weight is 322 g/mol. The second kappa shape index (κ2) is 6.64. The third kappa shape index (κ3) is 3.59. The number of carboxylic acid groups (broad SMARTS) is 1. The smallest absolute Gasteiger partial charge is 0.339 e. The first kappa shape index (κ1) is 16.7. The molecule has 2 aromatic carbocycles. The molecule has 0 atom stereocenters. The van der Waals surface area contributed by atoms with Gasteiger partial charge in [0.1, 0.15) is 11.3 Å². The lowest BCUT2D eigenvalue weighted by Gasteiger charge is -2.14. The van der Waals surface area contributed by atoms with Gasteiger partial charge >= 0.3 is 5.97 Å². The Bertz CT molecular complexity index is 742. The van der Waals surface area contributed by atoms with Crippen molar-refractivity contribution in [2.45, 2.75) is 20.0 Å². The molecule has 0 unspecified atom stereocenters. The lowest BCUT2D eigenvalue weighted by Crippen LogP contribution is -2.10. The Hall–Kier alpha value is -2.63. The predicted molar refractivity (Wildman–Crippen MR) is 81.1 cm³/mol. The molecule has 0 amide bonds. The van der Waals surface area contributed by atoms with Crippen LogP contribution >= 0.6 is 0 Å². The Kier molecular flexibility index (Phi) is 4.83. The Balaban J connectivity index is 2.54. The fourth-order valence-corrected chi connectivity index (χ4v) is 2.11. The fourth-order valence-electron chi connectivity index (χ4n) is 2.11. The number of aromatic carboxylic acids is 1. The zero-order valence-electron chi connectivity index (χ0n) is 12.9. The molecule has 0 radical (unpaired) electrons. The van der Waals surface area contributed by atoms with Crippen molar-refractivity contribution in [3.63, 3.8) is 0 Å². The molecule has 23 heavy (non-hydrogen) atoms. The van der Waals surface area contributed by atoms with Crippen molar-refractivity contribution < 1.29 is 28.2 Å². The maximum atomic E-state index is 13.6. The Labute approximate surface area is 132 Å². The molecule has 0 saturated carbocycles. The van der Waals surface area contributed by atoms with E-state index < -0.39 is 17.6 Å². The van der Waals surface area contributed by atoms with Gasteiger partial charge in [-0.25, -0.2) is 9.18 Å². The normalized spacial score (nSPS) is 10.7. The van der Waals surface area contributed by atoms with E-state index in [-0.39, 0.29) is 23.2 Å². The first-order valence-corrected chi connectivity index (χ1v) is 6.91. The number of benzene rings is 2. The van der Waals surface area contributed by atoms with E-state index in [4.69, 9.17) is 9.47 Å². The van der Waals surface area contributed by atoms with Crippen LogP contribution in [0.1, 0.15) is 24.2 Å². The summed E-state index contributed by atoms with van der Waals surface area (Å²) in [4.78, 5) is 11.4. The van der Waals surface area contributed by atoms with Crippen LogP contribution in [0, 0.1) is 11.6 Å². The average Bonchev–Trinajstić information content (AvgIpc) is 2.49. The number of rotatable bonds is 5. The molecule has 1 N–H and O–H groups in total. The highest BCUT2D eigenvalue weighted by Gasteiger charge is 2.17.